The van der Waals surface area contributed by atoms with Crippen LogP contribution >= 0.6 is 0 Å². The Bertz CT molecular complexity index is 415. The number of benzene rings is 1. The molecular formula is C15H24N2O2. The summed E-state index contributed by atoms with van der Waals surface area (Å²) in [7, 11) is 5.93. The van der Waals surface area contributed by atoms with Crippen LogP contribution < -0.4 is 10.1 Å². The van der Waals surface area contributed by atoms with Gasteiger partial charge in [-0.15, -0.1) is 0 Å². The number of hydrogen-bond donors (Lipinski definition) is 1. The van der Waals surface area contributed by atoms with Gasteiger partial charge in [-0.25, -0.2) is 0 Å². The fraction of sp³-hybridized carbons (Fsp3) is 0.600. The standard InChI is InChI=1S/C15H24N2O2/c1-11-5-6-14(18-4)12(9-11)15(17(2)3)13-10-19-8-7-16-13/h5-6,9,13,15-16H,7-8,10H2,1-4H3. The summed E-state index contributed by atoms with van der Waals surface area (Å²) in [4.78, 5) is 2.23. The minimum absolute atomic E-state index is 0.246. The Morgan fingerprint density at radius 2 is 2.21 bits per heavy atom. The van der Waals surface area contributed by atoms with Gasteiger partial charge in [0, 0.05) is 12.1 Å². The van der Waals surface area contributed by atoms with Gasteiger partial charge >= 0.3 is 0 Å². The number of likely N-dealkylation sites (N-methyl/N-ethyl adjacent to an activating group) is 1. The van der Waals surface area contributed by atoms with Crippen molar-refractivity contribution in [2.24, 2.45) is 0 Å². The second kappa shape index (κ2) is 6.37. The number of nitrogens with zero attached hydrogens (tertiary/aromatic N) is 1. The Morgan fingerprint density at radius 3 is 2.79 bits per heavy atom. The van der Waals surface area contributed by atoms with Gasteiger partial charge in [0.25, 0.3) is 0 Å². The van der Waals surface area contributed by atoms with Gasteiger partial charge in [-0.3, -0.25) is 0 Å². The van der Waals surface area contributed by atoms with Crippen molar-refractivity contribution in [3.8, 4) is 5.75 Å². The molecule has 1 N–H and O–H groups in total. The van der Waals surface area contributed by atoms with Crippen molar-refractivity contribution in [1.82, 2.24) is 10.2 Å². The van der Waals surface area contributed by atoms with Crippen LogP contribution in [0.1, 0.15) is 17.2 Å². The molecule has 2 rings (SSSR count). The molecule has 19 heavy (non-hydrogen) atoms. The third kappa shape index (κ3) is 3.26. The first kappa shape index (κ1) is 14.3. The Hall–Kier alpha value is -1.10. The molecule has 1 aromatic rings. The summed E-state index contributed by atoms with van der Waals surface area (Å²) in [5.74, 6) is 0.941. The van der Waals surface area contributed by atoms with E-state index in [1.165, 1.54) is 11.1 Å². The Kier molecular flexibility index (Phi) is 4.80. The minimum Gasteiger partial charge on any atom is -0.496 e. The van der Waals surface area contributed by atoms with E-state index in [9.17, 15) is 0 Å². The molecule has 0 amide bonds. The summed E-state index contributed by atoms with van der Waals surface area (Å²) in [5.41, 5.74) is 2.47. The van der Waals surface area contributed by atoms with Crippen molar-refractivity contribution in [2.75, 3.05) is 41.0 Å². The first-order chi connectivity index (χ1) is 9.13. The van der Waals surface area contributed by atoms with Crippen molar-refractivity contribution in [3.05, 3.63) is 29.3 Å². The van der Waals surface area contributed by atoms with Gasteiger partial charge in [0.15, 0.2) is 0 Å². The van der Waals surface area contributed by atoms with Crippen LogP contribution in [0.5, 0.6) is 5.75 Å². The van der Waals surface area contributed by atoms with Crippen LogP contribution in [-0.2, 0) is 4.74 Å². The average molecular weight is 264 g/mol. The van der Waals surface area contributed by atoms with Crippen LogP contribution in [0.25, 0.3) is 0 Å². The van der Waals surface area contributed by atoms with Crippen molar-refractivity contribution in [1.29, 1.82) is 0 Å². The Balaban J connectivity index is 2.34. The summed E-state index contributed by atoms with van der Waals surface area (Å²) >= 11 is 0. The number of methoxy groups -OCH3 is 1. The predicted molar refractivity (Wildman–Crippen MR) is 76.8 cm³/mol. The molecule has 0 bridgehead atoms. The molecular weight excluding hydrogens is 240 g/mol. The van der Waals surface area contributed by atoms with E-state index >= 15 is 0 Å². The maximum Gasteiger partial charge on any atom is 0.123 e. The normalized spacial score (nSPS) is 21.4. The first-order valence-electron chi connectivity index (χ1n) is 6.75. The fourth-order valence-electron chi connectivity index (χ4n) is 2.73. The van der Waals surface area contributed by atoms with Crippen LogP contribution in [0, 0.1) is 6.92 Å². The lowest BCUT2D eigenvalue weighted by atomic mass is 9.95. The van der Waals surface area contributed by atoms with Crippen LogP contribution in [0.15, 0.2) is 18.2 Å². The average Bonchev–Trinajstić information content (AvgIpc) is 2.40. The van der Waals surface area contributed by atoms with E-state index in [-0.39, 0.29) is 6.04 Å². The SMILES string of the molecule is COc1ccc(C)cc1C(C1COCCN1)N(C)C. The topological polar surface area (TPSA) is 33.7 Å². The van der Waals surface area contributed by atoms with E-state index in [0.717, 1.165) is 25.5 Å². The molecule has 0 spiro atoms. The van der Waals surface area contributed by atoms with Crippen LogP contribution in [-0.4, -0.2) is 51.9 Å². The van der Waals surface area contributed by atoms with E-state index < -0.39 is 0 Å². The third-order valence-corrected chi connectivity index (χ3v) is 3.59. The molecule has 0 aliphatic carbocycles. The van der Waals surface area contributed by atoms with Crippen LogP contribution in [0.3, 0.4) is 0 Å². The lowest BCUT2D eigenvalue weighted by molar-refractivity contribution is 0.0454. The molecule has 1 heterocycles. The maximum absolute atomic E-state index is 5.61. The third-order valence-electron chi connectivity index (χ3n) is 3.59. The highest BCUT2D eigenvalue weighted by molar-refractivity contribution is 5.40. The monoisotopic (exact) mass is 264 g/mol. The lowest BCUT2D eigenvalue weighted by Crippen LogP contribution is -2.49. The quantitative estimate of drug-likeness (QED) is 0.895. The highest BCUT2D eigenvalue weighted by Crippen LogP contribution is 2.32. The summed E-state index contributed by atoms with van der Waals surface area (Å²) in [5, 5.41) is 3.55. The molecule has 1 aromatic carbocycles. The van der Waals surface area contributed by atoms with Crippen LogP contribution in [0.2, 0.25) is 0 Å². The van der Waals surface area contributed by atoms with Gasteiger partial charge in [-0.2, -0.15) is 0 Å². The number of ether oxygens (including phenoxy) is 2. The van der Waals surface area contributed by atoms with Gasteiger partial charge in [0.1, 0.15) is 5.75 Å². The second-order valence-corrected chi connectivity index (χ2v) is 5.29. The molecule has 1 fully saturated rings. The molecule has 2 unspecified atom stereocenters. The molecule has 1 aliphatic heterocycles. The number of aryl methyl sites for hydroxylation is 1. The summed E-state index contributed by atoms with van der Waals surface area (Å²) in [6.07, 6.45) is 0. The lowest BCUT2D eigenvalue weighted by Gasteiger charge is -2.36. The minimum atomic E-state index is 0.246. The predicted octanol–water partition coefficient (Wildman–Crippen LogP) is 1.59. The highest BCUT2D eigenvalue weighted by Gasteiger charge is 2.29. The van der Waals surface area contributed by atoms with E-state index in [1.807, 2.05) is 6.07 Å². The van der Waals surface area contributed by atoms with Gasteiger partial charge in [-0.05, 0) is 27.1 Å². The zero-order valence-corrected chi connectivity index (χ0v) is 12.3. The largest absolute Gasteiger partial charge is 0.496 e. The van der Waals surface area contributed by atoms with Gasteiger partial charge in [-0.1, -0.05) is 17.7 Å². The molecule has 0 aromatic heterocycles. The van der Waals surface area contributed by atoms with E-state index in [4.69, 9.17) is 9.47 Å². The van der Waals surface area contributed by atoms with Gasteiger partial charge in [0.2, 0.25) is 0 Å². The number of rotatable bonds is 4. The van der Waals surface area contributed by atoms with E-state index in [0.29, 0.717) is 6.04 Å². The van der Waals surface area contributed by atoms with E-state index in [2.05, 4.69) is 43.4 Å². The Labute approximate surface area is 115 Å². The molecule has 0 radical (unpaired) electrons. The summed E-state index contributed by atoms with van der Waals surface area (Å²) < 4.78 is 11.1. The van der Waals surface area contributed by atoms with E-state index in [1.54, 1.807) is 7.11 Å². The summed E-state index contributed by atoms with van der Waals surface area (Å²) in [6, 6.07) is 6.87. The van der Waals surface area contributed by atoms with Gasteiger partial charge < -0.3 is 19.7 Å². The van der Waals surface area contributed by atoms with Gasteiger partial charge in [0.05, 0.1) is 32.4 Å². The van der Waals surface area contributed by atoms with Crippen molar-refractivity contribution in [3.63, 3.8) is 0 Å². The summed E-state index contributed by atoms with van der Waals surface area (Å²) in [6.45, 7) is 4.55. The Morgan fingerprint density at radius 1 is 1.42 bits per heavy atom. The fourth-order valence-corrected chi connectivity index (χ4v) is 2.73. The van der Waals surface area contributed by atoms with Crippen molar-refractivity contribution < 1.29 is 9.47 Å². The molecule has 1 aliphatic rings. The van der Waals surface area contributed by atoms with Crippen LogP contribution in [0.4, 0.5) is 0 Å². The first-order valence-corrected chi connectivity index (χ1v) is 6.75. The molecule has 1 saturated heterocycles. The number of nitrogens with one attached hydrogen (secondary N) is 1. The number of morpholine rings is 1. The molecule has 106 valence electrons. The zero-order valence-electron chi connectivity index (χ0n) is 12.3. The molecule has 4 heteroatoms. The molecule has 0 saturated carbocycles. The highest BCUT2D eigenvalue weighted by atomic mass is 16.5. The zero-order chi connectivity index (χ0) is 13.8. The number of hydrogen-bond acceptors (Lipinski definition) is 4. The molecule has 4 nitrogen and oxygen atoms in total. The maximum atomic E-state index is 5.61. The van der Waals surface area contributed by atoms with Crippen molar-refractivity contribution in [2.45, 2.75) is 19.0 Å². The molecule has 2 atom stereocenters. The second-order valence-electron chi connectivity index (χ2n) is 5.29. The smallest absolute Gasteiger partial charge is 0.123 e. The van der Waals surface area contributed by atoms with Crippen molar-refractivity contribution >= 4 is 0 Å².